The minimum Gasteiger partial charge on any atom is -0.374 e. The van der Waals surface area contributed by atoms with E-state index in [0.717, 1.165) is 5.82 Å². The SMILES string of the molecule is Cc1ncncn1.Nc1nncs1. The van der Waals surface area contributed by atoms with Gasteiger partial charge in [0.15, 0.2) is 0 Å². The third-order valence-electron chi connectivity index (χ3n) is 0.999. The second-order valence-electron chi connectivity index (χ2n) is 1.96. The molecule has 2 aromatic heterocycles. The first-order valence-corrected chi connectivity index (χ1v) is 4.27. The second kappa shape index (κ2) is 5.09. The lowest BCUT2D eigenvalue weighted by Crippen LogP contribution is -1.84. The number of aromatic nitrogens is 5. The number of hydrogen-bond donors (Lipinski definition) is 1. The maximum absolute atomic E-state index is 5.12. The molecule has 13 heavy (non-hydrogen) atoms. The molecule has 0 aliphatic rings. The zero-order valence-corrected chi connectivity index (χ0v) is 7.77. The number of nitrogens with zero attached hydrogens (tertiary/aromatic N) is 5. The topological polar surface area (TPSA) is 90.5 Å². The van der Waals surface area contributed by atoms with E-state index in [4.69, 9.17) is 5.73 Å². The molecule has 0 unspecified atom stereocenters. The van der Waals surface area contributed by atoms with E-state index in [1.54, 1.807) is 5.51 Å². The fraction of sp³-hybridized carbons (Fsp3) is 0.167. The van der Waals surface area contributed by atoms with Crippen LogP contribution in [-0.4, -0.2) is 25.1 Å². The van der Waals surface area contributed by atoms with E-state index in [0.29, 0.717) is 5.13 Å². The van der Waals surface area contributed by atoms with Gasteiger partial charge in [-0.25, -0.2) is 15.0 Å². The quantitative estimate of drug-likeness (QED) is 0.651. The molecule has 2 heterocycles. The van der Waals surface area contributed by atoms with Crippen molar-refractivity contribution in [1.82, 2.24) is 25.1 Å². The molecular formula is C6H8N6S. The second-order valence-corrected chi connectivity index (χ2v) is 2.83. The number of nitrogen functional groups attached to an aromatic ring is 1. The highest BCUT2D eigenvalue weighted by molar-refractivity contribution is 7.13. The van der Waals surface area contributed by atoms with Crippen LogP contribution in [0.4, 0.5) is 5.13 Å². The highest BCUT2D eigenvalue weighted by Gasteiger charge is 1.78. The van der Waals surface area contributed by atoms with Gasteiger partial charge in [-0.05, 0) is 6.92 Å². The van der Waals surface area contributed by atoms with Crippen molar-refractivity contribution in [3.8, 4) is 0 Å². The normalized spacial score (nSPS) is 8.69. The van der Waals surface area contributed by atoms with E-state index >= 15 is 0 Å². The summed E-state index contributed by atoms with van der Waals surface area (Å²) in [6.07, 6.45) is 2.95. The molecule has 0 spiro atoms. The van der Waals surface area contributed by atoms with Crippen molar-refractivity contribution in [3.63, 3.8) is 0 Å². The van der Waals surface area contributed by atoms with Crippen molar-refractivity contribution in [2.24, 2.45) is 0 Å². The minimum atomic E-state index is 0.523. The Morgan fingerprint density at radius 1 is 1.31 bits per heavy atom. The number of aryl methyl sites for hydroxylation is 1. The van der Waals surface area contributed by atoms with Crippen molar-refractivity contribution in [1.29, 1.82) is 0 Å². The lowest BCUT2D eigenvalue weighted by Gasteiger charge is -1.80. The van der Waals surface area contributed by atoms with Gasteiger partial charge < -0.3 is 5.73 Å². The van der Waals surface area contributed by atoms with Crippen LogP contribution in [-0.2, 0) is 0 Å². The van der Waals surface area contributed by atoms with Gasteiger partial charge in [0.05, 0.1) is 0 Å². The number of rotatable bonds is 0. The molecule has 0 saturated carbocycles. The van der Waals surface area contributed by atoms with Crippen LogP contribution < -0.4 is 5.73 Å². The molecule has 0 aliphatic heterocycles. The van der Waals surface area contributed by atoms with Gasteiger partial charge in [-0.15, -0.1) is 10.2 Å². The Bertz CT molecular complexity index is 320. The summed E-state index contributed by atoms with van der Waals surface area (Å²) in [7, 11) is 0. The van der Waals surface area contributed by atoms with Crippen LogP contribution in [0, 0.1) is 6.92 Å². The first-order chi connectivity index (χ1) is 6.29. The highest BCUT2D eigenvalue weighted by Crippen LogP contribution is 1.99. The fourth-order valence-corrected chi connectivity index (χ4v) is 0.775. The zero-order chi connectivity index (χ0) is 9.52. The average molecular weight is 196 g/mol. The van der Waals surface area contributed by atoms with Crippen LogP contribution in [0.2, 0.25) is 0 Å². The maximum Gasteiger partial charge on any atom is 0.202 e. The molecule has 68 valence electrons. The largest absolute Gasteiger partial charge is 0.374 e. The van der Waals surface area contributed by atoms with Crippen LogP contribution >= 0.6 is 11.3 Å². The molecule has 0 aromatic carbocycles. The van der Waals surface area contributed by atoms with Crippen molar-refractivity contribution in [3.05, 3.63) is 24.0 Å². The van der Waals surface area contributed by atoms with Gasteiger partial charge in [-0.1, -0.05) is 11.3 Å². The molecule has 6 nitrogen and oxygen atoms in total. The Balaban J connectivity index is 0.000000132. The van der Waals surface area contributed by atoms with Gasteiger partial charge in [-0.3, -0.25) is 0 Å². The first-order valence-electron chi connectivity index (χ1n) is 3.39. The summed E-state index contributed by atoms with van der Waals surface area (Å²) in [5.41, 5.74) is 6.72. The van der Waals surface area contributed by atoms with E-state index in [1.165, 1.54) is 24.0 Å². The van der Waals surface area contributed by atoms with Gasteiger partial charge in [-0.2, -0.15) is 0 Å². The van der Waals surface area contributed by atoms with Crippen molar-refractivity contribution < 1.29 is 0 Å². The van der Waals surface area contributed by atoms with Crippen molar-refractivity contribution in [2.45, 2.75) is 6.92 Å². The van der Waals surface area contributed by atoms with Gasteiger partial charge in [0, 0.05) is 0 Å². The smallest absolute Gasteiger partial charge is 0.202 e. The van der Waals surface area contributed by atoms with Gasteiger partial charge >= 0.3 is 0 Å². The molecule has 0 aliphatic carbocycles. The van der Waals surface area contributed by atoms with Crippen LogP contribution in [0.25, 0.3) is 0 Å². The van der Waals surface area contributed by atoms with E-state index in [9.17, 15) is 0 Å². The fourth-order valence-electron chi connectivity index (χ4n) is 0.479. The summed E-state index contributed by atoms with van der Waals surface area (Å²) in [5, 5.41) is 7.45. The lowest BCUT2D eigenvalue weighted by molar-refractivity contribution is 0.974. The molecule has 2 aromatic rings. The summed E-state index contributed by atoms with van der Waals surface area (Å²) < 4.78 is 0. The molecular weight excluding hydrogens is 188 g/mol. The molecule has 0 saturated heterocycles. The van der Waals surface area contributed by atoms with Gasteiger partial charge in [0.1, 0.15) is 24.0 Å². The van der Waals surface area contributed by atoms with Gasteiger partial charge in [0.25, 0.3) is 0 Å². The summed E-state index contributed by atoms with van der Waals surface area (Å²) in [5.74, 6) is 0.759. The van der Waals surface area contributed by atoms with E-state index in [1.807, 2.05) is 6.92 Å². The maximum atomic E-state index is 5.12. The van der Waals surface area contributed by atoms with Crippen LogP contribution in [0.3, 0.4) is 0 Å². The Hall–Kier alpha value is -1.63. The summed E-state index contributed by atoms with van der Waals surface area (Å²) in [6, 6.07) is 0. The molecule has 2 rings (SSSR count). The van der Waals surface area contributed by atoms with E-state index in [2.05, 4.69) is 25.1 Å². The standard InChI is InChI=1S/C4H5N3.C2H3N3S/c1-4-6-2-5-3-7-4;3-2-5-4-1-6-2/h2-3H,1H3;1H,(H2,3,5). The molecule has 0 fully saturated rings. The summed E-state index contributed by atoms with van der Waals surface area (Å²) >= 11 is 1.33. The third-order valence-corrected chi connectivity index (χ3v) is 1.52. The molecule has 0 bridgehead atoms. The Labute approximate surface area is 78.9 Å². The van der Waals surface area contributed by atoms with Crippen molar-refractivity contribution >= 4 is 16.5 Å². The monoisotopic (exact) mass is 196 g/mol. The zero-order valence-electron chi connectivity index (χ0n) is 6.95. The molecule has 2 N–H and O–H groups in total. The average Bonchev–Trinajstić information content (AvgIpc) is 2.58. The van der Waals surface area contributed by atoms with E-state index < -0.39 is 0 Å². The molecule has 0 amide bonds. The number of anilines is 1. The summed E-state index contributed by atoms with van der Waals surface area (Å²) in [4.78, 5) is 11.1. The van der Waals surface area contributed by atoms with Crippen molar-refractivity contribution in [2.75, 3.05) is 5.73 Å². The van der Waals surface area contributed by atoms with Gasteiger partial charge in [0.2, 0.25) is 5.13 Å². The van der Waals surface area contributed by atoms with Crippen LogP contribution in [0.1, 0.15) is 5.82 Å². The number of nitrogens with two attached hydrogens (primary N) is 1. The highest BCUT2D eigenvalue weighted by atomic mass is 32.1. The Morgan fingerprint density at radius 3 is 2.23 bits per heavy atom. The molecule has 7 heteroatoms. The Morgan fingerprint density at radius 2 is 2.00 bits per heavy atom. The number of hydrogen-bond acceptors (Lipinski definition) is 7. The third kappa shape index (κ3) is 4.06. The predicted molar refractivity (Wildman–Crippen MR) is 48.9 cm³/mol. The predicted octanol–water partition coefficient (Wildman–Crippen LogP) is 0.300. The first kappa shape index (κ1) is 9.46. The van der Waals surface area contributed by atoms with E-state index in [-0.39, 0.29) is 0 Å². The lowest BCUT2D eigenvalue weighted by atomic mass is 10.7. The Kier molecular flexibility index (Phi) is 3.71. The molecule has 0 atom stereocenters. The van der Waals surface area contributed by atoms with Crippen LogP contribution in [0.15, 0.2) is 18.2 Å². The molecule has 0 radical (unpaired) electrons. The minimum absolute atomic E-state index is 0.523. The van der Waals surface area contributed by atoms with Crippen LogP contribution in [0.5, 0.6) is 0 Å². The summed E-state index contributed by atoms with van der Waals surface area (Å²) in [6.45, 7) is 1.82.